The van der Waals surface area contributed by atoms with Gasteiger partial charge in [0.15, 0.2) is 0 Å². The standard InChI is InChI=1S/C12H14N2O2/c15-9-4-1-3-8-10(9)14-11(16)12(7-13-8)5-2-6-12/h1,3-4,13,15H,2,5-7H2,(H,14,16). The first-order valence-corrected chi connectivity index (χ1v) is 5.59. The highest BCUT2D eigenvalue weighted by Gasteiger charge is 2.45. The lowest BCUT2D eigenvalue weighted by Crippen LogP contribution is -2.45. The van der Waals surface area contributed by atoms with Crippen LogP contribution in [0.3, 0.4) is 0 Å². The SMILES string of the molecule is O=C1Nc2c(O)cccc2NCC12CCC2. The van der Waals surface area contributed by atoms with Crippen molar-refractivity contribution < 1.29 is 9.90 Å². The number of fused-ring (bicyclic) bond motifs is 1. The Kier molecular flexibility index (Phi) is 1.87. The van der Waals surface area contributed by atoms with Crippen LogP contribution in [0, 0.1) is 5.41 Å². The molecule has 1 aromatic rings. The van der Waals surface area contributed by atoms with Crippen molar-refractivity contribution in [3.63, 3.8) is 0 Å². The number of phenols is 1. The molecule has 0 aromatic heterocycles. The molecule has 1 aliphatic heterocycles. The first-order valence-electron chi connectivity index (χ1n) is 5.59. The lowest BCUT2D eigenvalue weighted by atomic mass is 9.68. The van der Waals surface area contributed by atoms with Gasteiger partial charge in [-0.1, -0.05) is 12.5 Å². The van der Waals surface area contributed by atoms with Crippen LogP contribution in [0.25, 0.3) is 0 Å². The fourth-order valence-electron chi connectivity index (χ4n) is 2.42. The average molecular weight is 218 g/mol. The van der Waals surface area contributed by atoms with Gasteiger partial charge in [0.2, 0.25) is 5.91 Å². The fourth-order valence-corrected chi connectivity index (χ4v) is 2.42. The quantitative estimate of drug-likeness (QED) is 0.583. The van der Waals surface area contributed by atoms with Gasteiger partial charge in [0.25, 0.3) is 0 Å². The number of hydrogen-bond donors (Lipinski definition) is 3. The van der Waals surface area contributed by atoms with Crippen LogP contribution in [-0.2, 0) is 4.79 Å². The Morgan fingerprint density at radius 1 is 1.31 bits per heavy atom. The first kappa shape index (κ1) is 9.51. The molecule has 0 unspecified atom stereocenters. The van der Waals surface area contributed by atoms with E-state index in [0.717, 1.165) is 24.9 Å². The molecule has 4 nitrogen and oxygen atoms in total. The zero-order valence-electron chi connectivity index (χ0n) is 8.92. The average Bonchev–Trinajstić information content (AvgIpc) is 2.35. The van der Waals surface area contributed by atoms with Crippen LogP contribution < -0.4 is 10.6 Å². The fraction of sp³-hybridized carbons (Fsp3) is 0.417. The number of para-hydroxylation sites is 1. The maximum absolute atomic E-state index is 12.1. The van der Waals surface area contributed by atoms with Crippen LogP contribution in [0.1, 0.15) is 19.3 Å². The smallest absolute Gasteiger partial charge is 0.232 e. The molecule has 1 fully saturated rings. The van der Waals surface area contributed by atoms with E-state index in [0.29, 0.717) is 12.2 Å². The molecule has 1 aromatic carbocycles. The van der Waals surface area contributed by atoms with Gasteiger partial charge < -0.3 is 15.7 Å². The molecule has 84 valence electrons. The maximum atomic E-state index is 12.1. The lowest BCUT2D eigenvalue weighted by Gasteiger charge is -2.38. The Bertz CT molecular complexity index is 452. The molecule has 0 bridgehead atoms. The van der Waals surface area contributed by atoms with Crippen molar-refractivity contribution >= 4 is 17.3 Å². The number of carbonyl (C=O) groups excluding carboxylic acids is 1. The predicted molar refractivity (Wildman–Crippen MR) is 61.5 cm³/mol. The van der Waals surface area contributed by atoms with Gasteiger partial charge >= 0.3 is 0 Å². The Morgan fingerprint density at radius 3 is 2.81 bits per heavy atom. The van der Waals surface area contributed by atoms with Crippen molar-refractivity contribution in [3.8, 4) is 5.75 Å². The molecule has 16 heavy (non-hydrogen) atoms. The molecule has 0 radical (unpaired) electrons. The van der Waals surface area contributed by atoms with Gasteiger partial charge in [-0.15, -0.1) is 0 Å². The monoisotopic (exact) mass is 218 g/mol. The molecule has 0 atom stereocenters. The van der Waals surface area contributed by atoms with Gasteiger partial charge in [-0.2, -0.15) is 0 Å². The highest BCUT2D eigenvalue weighted by Crippen LogP contribution is 2.45. The van der Waals surface area contributed by atoms with Crippen molar-refractivity contribution in [3.05, 3.63) is 18.2 Å². The van der Waals surface area contributed by atoms with E-state index >= 15 is 0 Å². The molecule has 4 heteroatoms. The van der Waals surface area contributed by atoms with Gasteiger partial charge in [-0.25, -0.2) is 0 Å². The van der Waals surface area contributed by atoms with E-state index in [-0.39, 0.29) is 17.1 Å². The zero-order valence-corrected chi connectivity index (χ0v) is 8.92. The second kappa shape index (κ2) is 3.14. The van der Waals surface area contributed by atoms with Crippen LogP contribution in [0.4, 0.5) is 11.4 Å². The van der Waals surface area contributed by atoms with Gasteiger partial charge in [0.1, 0.15) is 11.4 Å². The number of hydrogen-bond acceptors (Lipinski definition) is 3. The highest BCUT2D eigenvalue weighted by atomic mass is 16.3. The zero-order chi connectivity index (χ0) is 11.2. The number of phenolic OH excluding ortho intramolecular Hbond substituents is 1. The number of amides is 1. The largest absolute Gasteiger partial charge is 0.506 e. The van der Waals surface area contributed by atoms with Gasteiger partial charge in [0.05, 0.1) is 11.1 Å². The van der Waals surface area contributed by atoms with E-state index in [1.54, 1.807) is 12.1 Å². The predicted octanol–water partition coefficient (Wildman–Crippen LogP) is 1.93. The molecule has 1 amide bonds. The molecule has 1 spiro atoms. The molecule has 2 aliphatic rings. The number of rotatable bonds is 0. The third kappa shape index (κ3) is 1.19. The summed E-state index contributed by atoms with van der Waals surface area (Å²) in [6.07, 6.45) is 2.97. The Morgan fingerprint density at radius 2 is 2.12 bits per heavy atom. The summed E-state index contributed by atoms with van der Waals surface area (Å²) in [4.78, 5) is 12.1. The van der Waals surface area contributed by atoms with Gasteiger partial charge in [-0.05, 0) is 25.0 Å². The van der Waals surface area contributed by atoms with Gasteiger partial charge in [-0.3, -0.25) is 4.79 Å². The summed E-state index contributed by atoms with van der Waals surface area (Å²) in [6.45, 7) is 0.662. The minimum atomic E-state index is -0.258. The Balaban J connectivity index is 2.00. The summed E-state index contributed by atoms with van der Waals surface area (Å²) in [7, 11) is 0. The lowest BCUT2D eigenvalue weighted by molar-refractivity contribution is -0.129. The van der Waals surface area contributed by atoms with E-state index in [1.807, 2.05) is 6.07 Å². The molecule has 3 N–H and O–H groups in total. The van der Waals surface area contributed by atoms with Crippen molar-refractivity contribution in [2.45, 2.75) is 19.3 Å². The Hall–Kier alpha value is -1.71. The van der Waals surface area contributed by atoms with E-state index in [1.165, 1.54) is 0 Å². The van der Waals surface area contributed by atoms with Crippen LogP contribution >= 0.6 is 0 Å². The molecule has 1 heterocycles. The number of carbonyl (C=O) groups is 1. The normalized spacial score (nSPS) is 21.4. The van der Waals surface area contributed by atoms with E-state index in [2.05, 4.69) is 10.6 Å². The van der Waals surface area contributed by atoms with Crippen molar-refractivity contribution in [2.24, 2.45) is 5.41 Å². The summed E-state index contributed by atoms with van der Waals surface area (Å²) in [6, 6.07) is 5.22. The summed E-state index contributed by atoms with van der Waals surface area (Å²) in [5.74, 6) is 0.154. The van der Waals surface area contributed by atoms with E-state index < -0.39 is 0 Å². The molecule has 3 rings (SSSR count). The third-order valence-corrected chi connectivity index (χ3v) is 3.69. The molecular weight excluding hydrogens is 204 g/mol. The van der Waals surface area contributed by atoms with Gasteiger partial charge in [0, 0.05) is 6.54 Å². The van der Waals surface area contributed by atoms with Crippen LogP contribution in [0.2, 0.25) is 0 Å². The number of aromatic hydroxyl groups is 1. The summed E-state index contributed by atoms with van der Waals surface area (Å²) >= 11 is 0. The van der Waals surface area contributed by atoms with Crippen LogP contribution in [0.15, 0.2) is 18.2 Å². The third-order valence-electron chi connectivity index (χ3n) is 3.69. The molecule has 0 saturated heterocycles. The van der Waals surface area contributed by atoms with Crippen molar-refractivity contribution in [1.82, 2.24) is 0 Å². The second-order valence-electron chi connectivity index (χ2n) is 4.64. The van der Waals surface area contributed by atoms with E-state index in [9.17, 15) is 9.90 Å². The summed E-state index contributed by atoms with van der Waals surface area (Å²) in [5, 5.41) is 15.8. The molecular formula is C12H14N2O2. The summed E-state index contributed by atoms with van der Waals surface area (Å²) in [5.41, 5.74) is 1.05. The van der Waals surface area contributed by atoms with E-state index in [4.69, 9.17) is 0 Å². The summed E-state index contributed by atoms with van der Waals surface area (Å²) < 4.78 is 0. The number of benzene rings is 1. The maximum Gasteiger partial charge on any atom is 0.232 e. The minimum Gasteiger partial charge on any atom is -0.506 e. The number of nitrogens with one attached hydrogen (secondary N) is 2. The Labute approximate surface area is 93.7 Å². The topological polar surface area (TPSA) is 61.4 Å². The minimum absolute atomic E-state index is 0.0338. The second-order valence-corrected chi connectivity index (χ2v) is 4.64. The van der Waals surface area contributed by atoms with Crippen LogP contribution in [-0.4, -0.2) is 17.6 Å². The van der Waals surface area contributed by atoms with Crippen molar-refractivity contribution in [2.75, 3.05) is 17.2 Å². The number of anilines is 2. The first-order chi connectivity index (χ1) is 7.71. The molecule has 1 aliphatic carbocycles. The highest BCUT2D eigenvalue weighted by molar-refractivity contribution is 6.01. The van der Waals surface area contributed by atoms with Crippen molar-refractivity contribution in [1.29, 1.82) is 0 Å². The van der Waals surface area contributed by atoms with Crippen LogP contribution in [0.5, 0.6) is 5.75 Å². The molecule has 1 saturated carbocycles.